The molecule has 4 heteroatoms. The van der Waals surface area contributed by atoms with Crippen molar-refractivity contribution in [3.8, 4) is 0 Å². The van der Waals surface area contributed by atoms with Gasteiger partial charge in [0.15, 0.2) is 0 Å². The van der Waals surface area contributed by atoms with Crippen LogP contribution >= 0.6 is 0 Å². The Labute approximate surface area is 112 Å². The molecule has 2 atom stereocenters. The highest BCUT2D eigenvalue weighted by molar-refractivity contribution is 5.99. The van der Waals surface area contributed by atoms with Crippen molar-refractivity contribution in [2.75, 3.05) is 5.32 Å². The van der Waals surface area contributed by atoms with Gasteiger partial charge in [0, 0.05) is 5.69 Å². The van der Waals surface area contributed by atoms with Gasteiger partial charge in [-0.25, -0.2) is 0 Å². The van der Waals surface area contributed by atoms with Crippen molar-refractivity contribution in [1.82, 2.24) is 0 Å². The van der Waals surface area contributed by atoms with E-state index >= 15 is 0 Å². The van der Waals surface area contributed by atoms with Crippen molar-refractivity contribution in [2.24, 2.45) is 11.8 Å². The van der Waals surface area contributed by atoms with Crippen LogP contribution in [0.1, 0.15) is 37.3 Å². The second kappa shape index (κ2) is 5.03. The molecule has 0 heterocycles. The number of carbonyl (C=O) groups is 2. The van der Waals surface area contributed by atoms with Crippen LogP contribution in [-0.4, -0.2) is 17.0 Å². The summed E-state index contributed by atoms with van der Waals surface area (Å²) in [5.41, 5.74) is 2.92. The number of rotatable bonds is 4. The fourth-order valence-corrected chi connectivity index (χ4v) is 2.32. The highest BCUT2D eigenvalue weighted by Gasteiger charge is 2.48. The Bertz CT molecular complexity index is 522. The van der Waals surface area contributed by atoms with Crippen LogP contribution in [0.4, 0.5) is 5.69 Å². The van der Waals surface area contributed by atoms with Gasteiger partial charge in [0.05, 0.1) is 11.8 Å². The minimum absolute atomic E-state index is 0.177. The number of amides is 1. The van der Waals surface area contributed by atoms with E-state index < -0.39 is 11.9 Å². The predicted octanol–water partition coefficient (Wildman–Crippen LogP) is 2.78. The molecule has 102 valence electrons. The fourth-order valence-electron chi connectivity index (χ4n) is 2.32. The zero-order chi connectivity index (χ0) is 14.2. The molecule has 0 spiro atoms. The molecular formula is C15H19NO3. The summed E-state index contributed by atoms with van der Waals surface area (Å²) >= 11 is 0. The van der Waals surface area contributed by atoms with Crippen molar-refractivity contribution in [3.63, 3.8) is 0 Å². The van der Waals surface area contributed by atoms with E-state index in [1.807, 2.05) is 25.1 Å². The van der Waals surface area contributed by atoms with Gasteiger partial charge in [-0.05, 0) is 30.4 Å². The van der Waals surface area contributed by atoms with Crippen LogP contribution in [0.5, 0.6) is 0 Å². The highest BCUT2D eigenvalue weighted by Crippen LogP contribution is 2.40. The normalized spacial score (nSPS) is 21.3. The molecule has 1 aromatic rings. The first-order chi connectivity index (χ1) is 8.91. The van der Waals surface area contributed by atoms with Crippen molar-refractivity contribution in [3.05, 3.63) is 29.3 Å². The first kappa shape index (κ1) is 13.6. The van der Waals surface area contributed by atoms with Crippen LogP contribution in [0, 0.1) is 18.8 Å². The zero-order valence-corrected chi connectivity index (χ0v) is 11.4. The van der Waals surface area contributed by atoms with Gasteiger partial charge in [-0.1, -0.05) is 32.0 Å². The Morgan fingerprint density at radius 3 is 2.53 bits per heavy atom. The van der Waals surface area contributed by atoms with Crippen LogP contribution in [0.3, 0.4) is 0 Å². The van der Waals surface area contributed by atoms with Crippen molar-refractivity contribution >= 4 is 17.6 Å². The first-order valence-electron chi connectivity index (χ1n) is 6.55. The van der Waals surface area contributed by atoms with Crippen molar-refractivity contribution in [1.29, 1.82) is 0 Å². The molecule has 0 saturated heterocycles. The number of anilines is 1. The molecule has 1 amide bonds. The molecule has 4 nitrogen and oxygen atoms in total. The second-order valence-corrected chi connectivity index (χ2v) is 5.47. The number of hydrogen-bond donors (Lipinski definition) is 2. The summed E-state index contributed by atoms with van der Waals surface area (Å²) in [4.78, 5) is 22.8. The molecule has 19 heavy (non-hydrogen) atoms. The Morgan fingerprint density at radius 1 is 1.32 bits per heavy atom. The van der Waals surface area contributed by atoms with Crippen molar-refractivity contribution < 1.29 is 14.7 Å². The van der Waals surface area contributed by atoms with Gasteiger partial charge >= 0.3 is 5.97 Å². The summed E-state index contributed by atoms with van der Waals surface area (Å²) in [6, 6.07) is 5.91. The number of benzene rings is 1. The summed E-state index contributed by atoms with van der Waals surface area (Å²) < 4.78 is 0. The maximum absolute atomic E-state index is 12.0. The zero-order valence-electron chi connectivity index (χ0n) is 11.4. The average Bonchev–Trinajstić information content (AvgIpc) is 3.11. The summed E-state index contributed by atoms with van der Waals surface area (Å²) in [6.07, 6.45) is 0.448. The number of carboxylic acid groups (broad SMARTS) is 1. The molecule has 0 aromatic heterocycles. The molecule has 0 aliphatic heterocycles. The maximum Gasteiger partial charge on any atom is 0.307 e. The molecule has 1 aliphatic rings. The number of nitrogens with one attached hydrogen (secondary N) is 1. The lowest BCUT2D eigenvalue weighted by molar-refractivity contribution is -0.139. The van der Waals surface area contributed by atoms with E-state index in [-0.39, 0.29) is 11.8 Å². The largest absolute Gasteiger partial charge is 0.481 e. The van der Waals surface area contributed by atoms with E-state index in [0.717, 1.165) is 16.8 Å². The highest BCUT2D eigenvalue weighted by atomic mass is 16.4. The molecule has 1 aliphatic carbocycles. The smallest absolute Gasteiger partial charge is 0.307 e. The standard InChI is InChI=1S/C15H19NO3/c1-8(2)10-6-4-5-9(3)13(10)16-14(17)11-7-12(11)15(18)19/h4-6,8,11-12H,7H2,1-3H3,(H,16,17)(H,18,19). The molecule has 1 fully saturated rings. The topological polar surface area (TPSA) is 66.4 Å². The molecule has 1 saturated carbocycles. The average molecular weight is 261 g/mol. The second-order valence-electron chi connectivity index (χ2n) is 5.47. The summed E-state index contributed by atoms with van der Waals surface area (Å²) in [7, 11) is 0. The number of carbonyl (C=O) groups excluding carboxylic acids is 1. The molecule has 0 bridgehead atoms. The monoisotopic (exact) mass is 261 g/mol. The first-order valence-corrected chi connectivity index (χ1v) is 6.55. The Kier molecular flexibility index (Phi) is 3.60. The number of para-hydroxylation sites is 1. The summed E-state index contributed by atoms with van der Waals surface area (Å²) in [6.45, 7) is 6.09. The van der Waals surface area contributed by atoms with Gasteiger partial charge in [0.2, 0.25) is 5.91 Å². The predicted molar refractivity (Wildman–Crippen MR) is 73.1 cm³/mol. The van der Waals surface area contributed by atoms with Gasteiger partial charge in [-0.2, -0.15) is 0 Å². The lowest BCUT2D eigenvalue weighted by Gasteiger charge is -2.16. The van der Waals surface area contributed by atoms with Crippen LogP contribution < -0.4 is 5.32 Å². The van der Waals surface area contributed by atoms with Gasteiger partial charge in [-0.3, -0.25) is 9.59 Å². The van der Waals surface area contributed by atoms with E-state index in [1.165, 1.54) is 0 Å². The van der Waals surface area contributed by atoms with E-state index in [1.54, 1.807) is 0 Å². The minimum Gasteiger partial charge on any atom is -0.481 e. The lowest BCUT2D eigenvalue weighted by atomic mass is 9.98. The molecule has 2 N–H and O–H groups in total. The number of hydrogen-bond acceptors (Lipinski definition) is 2. The van der Waals surface area contributed by atoms with E-state index in [9.17, 15) is 9.59 Å². The van der Waals surface area contributed by atoms with Crippen molar-refractivity contribution in [2.45, 2.75) is 33.1 Å². The summed E-state index contributed by atoms with van der Waals surface area (Å²) in [5, 5.41) is 11.8. The summed E-state index contributed by atoms with van der Waals surface area (Å²) in [5.74, 6) is -1.63. The SMILES string of the molecule is Cc1cccc(C(C)C)c1NC(=O)C1CC1C(=O)O. The molecule has 0 radical (unpaired) electrons. The van der Waals surface area contributed by atoms with E-state index in [4.69, 9.17) is 5.11 Å². The molecule has 2 rings (SSSR count). The minimum atomic E-state index is -0.881. The number of aryl methyl sites for hydroxylation is 1. The van der Waals surface area contributed by atoms with Crippen LogP contribution in [0.2, 0.25) is 0 Å². The molecule has 2 unspecified atom stereocenters. The van der Waals surface area contributed by atoms with Crippen LogP contribution in [0.25, 0.3) is 0 Å². The Balaban J connectivity index is 2.16. The Hall–Kier alpha value is -1.84. The third-order valence-electron chi connectivity index (χ3n) is 3.62. The molecular weight excluding hydrogens is 242 g/mol. The van der Waals surface area contributed by atoms with Crippen LogP contribution in [-0.2, 0) is 9.59 Å². The van der Waals surface area contributed by atoms with Gasteiger partial charge in [-0.15, -0.1) is 0 Å². The third-order valence-corrected chi connectivity index (χ3v) is 3.62. The van der Waals surface area contributed by atoms with Gasteiger partial charge in [0.25, 0.3) is 0 Å². The van der Waals surface area contributed by atoms with E-state index in [2.05, 4.69) is 19.2 Å². The number of aliphatic carboxylic acids is 1. The fraction of sp³-hybridized carbons (Fsp3) is 0.467. The molecule has 1 aromatic carbocycles. The maximum atomic E-state index is 12.0. The third kappa shape index (κ3) is 2.78. The van der Waals surface area contributed by atoms with Gasteiger partial charge in [0.1, 0.15) is 0 Å². The quantitative estimate of drug-likeness (QED) is 0.875. The lowest BCUT2D eigenvalue weighted by Crippen LogP contribution is -2.18. The van der Waals surface area contributed by atoms with E-state index in [0.29, 0.717) is 12.3 Å². The number of carboxylic acids is 1. The van der Waals surface area contributed by atoms with Crippen LogP contribution in [0.15, 0.2) is 18.2 Å². The Morgan fingerprint density at radius 2 is 2.00 bits per heavy atom. The van der Waals surface area contributed by atoms with Gasteiger partial charge < -0.3 is 10.4 Å².